The van der Waals surface area contributed by atoms with Gasteiger partial charge in [0.15, 0.2) is 0 Å². The Morgan fingerprint density at radius 3 is 2.68 bits per heavy atom. The summed E-state index contributed by atoms with van der Waals surface area (Å²) in [5, 5.41) is 2.65. The van der Waals surface area contributed by atoms with Crippen molar-refractivity contribution in [3.63, 3.8) is 0 Å². The van der Waals surface area contributed by atoms with E-state index in [1.54, 1.807) is 0 Å². The van der Waals surface area contributed by atoms with Crippen molar-refractivity contribution in [3.05, 3.63) is 21.9 Å². The first-order valence-corrected chi connectivity index (χ1v) is 9.19. The van der Waals surface area contributed by atoms with Crippen LogP contribution in [0.1, 0.15) is 40.2 Å². The lowest BCUT2D eigenvalue weighted by Crippen LogP contribution is -2.41. The van der Waals surface area contributed by atoms with Crippen LogP contribution in [-0.2, 0) is 9.84 Å². The second-order valence-electron chi connectivity index (χ2n) is 5.20. The highest BCUT2D eigenvalue weighted by Gasteiger charge is 2.29. The third kappa shape index (κ3) is 3.79. The highest BCUT2D eigenvalue weighted by atomic mass is 32.2. The molecule has 1 amide bonds. The van der Waals surface area contributed by atoms with Crippen molar-refractivity contribution in [1.29, 1.82) is 0 Å². The fraction of sp³-hybridized carbons (Fsp3) is 0.615. The molecule has 1 aromatic heterocycles. The van der Waals surface area contributed by atoms with Crippen LogP contribution in [0.2, 0.25) is 0 Å². The largest absolute Gasteiger partial charge is 0.349 e. The lowest BCUT2D eigenvalue weighted by molar-refractivity contribution is 0.0932. The molecule has 0 bridgehead atoms. The molecule has 19 heavy (non-hydrogen) atoms. The summed E-state index contributed by atoms with van der Waals surface area (Å²) < 4.78 is 23.2. The summed E-state index contributed by atoms with van der Waals surface area (Å²) in [6, 6.07) is 3.70. The number of hydrogen-bond donors (Lipinski definition) is 1. The molecule has 1 heterocycles. The number of sulfone groups is 1. The first-order chi connectivity index (χ1) is 8.86. The van der Waals surface area contributed by atoms with Crippen molar-refractivity contribution >= 4 is 27.1 Å². The number of thiophene rings is 1. The Morgan fingerprint density at radius 2 is 2.11 bits per heavy atom. The highest BCUT2D eigenvalue weighted by Crippen LogP contribution is 2.24. The topological polar surface area (TPSA) is 63.2 Å². The molecule has 106 valence electrons. The van der Waals surface area contributed by atoms with Gasteiger partial charge < -0.3 is 5.32 Å². The fourth-order valence-electron chi connectivity index (χ4n) is 2.48. The lowest BCUT2D eigenvalue weighted by atomic mass is 9.95. The molecule has 0 spiro atoms. The van der Waals surface area contributed by atoms with Gasteiger partial charge in [-0.15, -0.1) is 11.3 Å². The first kappa shape index (κ1) is 14.5. The van der Waals surface area contributed by atoms with E-state index in [4.69, 9.17) is 0 Å². The molecule has 1 aliphatic rings. The van der Waals surface area contributed by atoms with Gasteiger partial charge in [-0.05, 0) is 38.3 Å². The number of nitrogens with one attached hydrogen (secondary N) is 1. The van der Waals surface area contributed by atoms with Gasteiger partial charge in [0.1, 0.15) is 9.84 Å². The Morgan fingerprint density at radius 1 is 1.37 bits per heavy atom. The fourth-order valence-corrected chi connectivity index (χ4v) is 4.43. The van der Waals surface area contributed by atoms with E-state index >= 15 is 0 Å². The van der Waals surface area contributed by atoms with Crippen LogP contribution in [0, 0.1) is 6.92 Å². The molecular formula is C13H19NO3S2. The molecule has 4 nitrogen and oxygen atoms in total. The van der Waals surface area contributed by atoms with Crippen molar-refractivity contribution in [2.45, 2.75) is 43.9 Å². The maximum Gasteiger partial charge on any atom is 0.261 e. The number of carbonyl (C=O) groups excluding carboxylic acids is 1. The van der Waals surface area contributed by atoms with Crippen LogP contribution < -0.4 is 5.32 Å². The molecule has 1 fully saturated rings. The van der Waals surface area contributed by atoms with Crippen molar-refractivity contribution in [1.82, 2.24) is 5.32 Å². The molecule has 1 N–H and O–H groups in total. The van der Waals surface area contributed by atoms with E-state index in [1.807, 2.05) is 19.1 Å². The summed E-state index contributed by atoms with van der Waals surface area (Å²) in [5.74, 6) is -0.0859. The average Bonchev–Trinajstić information content (AvgIpc) is 2.75. The number of hydrogen-bond acceptors (Lipinski definition) is 4. The Kier molecular flexibility index (Phi) is 4.30. The molecule has 1 aromatic rings. The Bertz CT molecular complexity index is 562. The van der Waals surface area contributed by atoms with Crippen molar-refractivity contribution in [3.8, 4) is 0 Å². The molecule has 0 aromatic carbocycles. The number of aryl methyl sites for hydroxylation is 1. The quantitative estimate of drug-likeness (QED) is 0.930. The summed E-state index contributed by atoms with van der Waals surface area (Å²) >= 11 is 1.46. The summed E-state index contributed by atoms with van der Waals surface area (Å²) in [6.45, 7) is 1.96. The van der Waals surface area contributed by atoms with E-state index in [-0.39, 0.29) is 17.2 Å². The predicted molar refractivity (Wildman–Crippen MR) is 77.4 cm³/mol. The van der Waals surface area contributed by atoms with Crippen molar-refractivity contribution in [2.75, 3.05) is 6.26 Å². The smallest absolute Gasteiger partial charge is 0.261 e. The standard InChI is InChI=1S/C13H19NO3S2/c1-9-6-7-12(18-9)13(15)14-10-4-3-5-11(8-10)19(2,16)17/h6-7,10-11H,3-5,8H2,1-2H3,(H,14,15)/t10-,11+/m1/s1. The SMILES string of the molecule is Cc1ccc(C(=O)N[C@@H]2CCC[C@H](S(C)(=O)=O)C2)s1. The van der Waals surface area contributed by atoms with Gasteiger partial charge in [-0.1, -0.05) is 6.42 Å². The number of rotatable bonds is 3. The van der Waals surface area contributed by atoms with Gasteiger partial charge in [0.05, 0.1) is 10.1 Å². The lowest BCUT2D eigenvalue weighted by Gasteiger charge is -2.28. The summed E-state index contributed by atoms with van der Waals surface area (Å²) in [4.78, 5) is 13.8. The summed E-state index contributed by atoms with van der Waals surface area (Å²) in [6.07, 6.45) is 4.25. The summed E-state index contributed by atoms with van der Waals surface area (Å²) in [5.41, 5.74) is 0. The van der Waals surface area contributed by atoms with E-state index in [2.05, 4.69) is 5.32 Å². The van der Waals surface area contributed by atoms with Gasteiger partial charge >= 0.3 is 0 Å². The Labute approximate surface area is 118 Å². The number of carbonyl (C=O) groups is 1. The van der Waals surface area contributed by atoms with Crippen LogP contribution >= 0.6 is 11.3 Å². The Hall–Kier alpha value is -0.880. The van der Waals surface area contributed by atoms with Crippen molar-refractivity contribution < 1.29 is 13.2 Å². The van der Waals surface area contributed by atoms with Gasteiger partial charge in [-0.2, -0.15) is 0 Å². The predicted octanol–water partition coefficient (Wildman–Crippen LogP) is 2.14. The molecule has 0 radical (unpaired) electrons. The van der Waals surface area contributed by atoms with E-state index in [9.17, 15) is 13.2 Å². The zero-order valence-electron chi connectivity index (χ0n) is 11.2. The summed E-state index contributed by atoms with van der Waals surface area (Å²) in [7, 11) is -3.00. The van der Waals surface area contributed by atoms with Crippen molar-refractivity contribution in [2.24, 2.45) is 0 Å². The average molecular weight is 301 g/mol. The van der Waals surface area contributed by atoms with Gasteiger partial charge in [0.25, 0.3) is 5.91 Å². The van der Waals surface area contributed by atoms with Gasteiger partial charge in [0, 0.05) is 17.2 Å². The minimum Gasteiger partial charge on any atom is -0.349 e. The minimum atomic E-state index is -3.00. The molecule has 6 heteroatoms. The maximum atomic E-state index is 12.0. The minimum absolute atomic E-state index is 0.0246. The molecule has 1 aliphatic carbocycles. The van der Waals surface area contributed by atoms with Gasteiger partial charge in [0.2, 0.25) is 0 Å². The van der Waals surface area contributed by atoms with E-state index in [1.165, 1.54) is 17.6 Å². The van der Waals surface area contributed by atoms with E-state index in [0.29, 0.717) is 17.7 Å². The van der Waals surface area contributed by atoms with Crippen LogP contribution in [0.5, 0.6) is 0 Å². The van der Waals surface area contributed by atoms with Crippen LogP contribution in [-0.4, -0.2) is 31.9 Å². The van der Waals surface area contributed by atoms with Crippen LogP contribution in [0.25, 0.3) is 0 Å². The maximum absolute atomic E-state index is 12.0. The second-order valence-corrected chi connectivity index (χ2v) is 8.81. The van der Waals surface area contributed by atoms with Crippen LogP contribution in [0.4, 0.5) is 0 Å². The molecular weight excluding hydrogens is 282 g/mol. The van der Waals surface area contributed by atoms with E-state index < -0.39 is 9.84 Å². The zero-order valence-corrected chi connectivity index (χ0v) is 12.8. The molecule has 0 unspecified atom stereocenters. The van der Waals surface area contributed by atoms with Gasteiger partial charge in [-0.3, -0.25) is 4.79 Å². The third-order valence-corrected chi connectivity index (χ3v) is 6.17. The monoisotopic (exact) mass is 301 g/mol. The van der Waals surface area contributed by atoms with E-state index in [0.717, 1.165) is 17.7 Å². The highest BCUT2D eigenvalue weighted by molar-refractivity contribution is 7.91. The molecule has 2 rings (SSSR count). The number of amides is 1. The third-order valence-electron chi connectivity index (χ3n) is 3.53. The molecule has 0 saturated heterocycles. The van der Waals surface area contributed by atoms with Crippen LogP contribution in [0.15, 0.2) is 12.1 Å². The molecule has 2 atom stereocenters. The second kappa shape index (κ2) is 5.63. The van der Waals surface area contributed by atoms with Crippen LogP contribution in [0.3, 0.4) is 0 Å². The molecule has 1 saturated carbocycles. The zero-order chi connectivity index (χ0) is 14.0. The van der Waals surface area contributed by atoms with Gasteiger partial charge in [-0.25, -0.2) is 8.42 Å². The first-order valence-electron chi connectivity index (χ1n) is 6.42. The normalized spacial score (nSPS) is 24.1. The molecule has 0 aliphatic heterocycles. The Balaban J connectivity index is 1.98.